The lowest BCUT2D eigenvalue weighted by Crippen LogP contribution is -2.28. The van der Waals surface area contributed by atoms with Crippen LogP contribution >= 0.6 is 15.9 Å². The Hall–Kier alpha value is -1.13. The van der Waals surface area contributed by atoms with E-state index in [1.54, 1.807) is 4.68 Å². The number of hydrogen-bond donors (Lipinski definition) is 1. The summed E-state index contributed by atoms with van der Waals surface area (Å²) in [6, 6.07) is 9.76. The molecule has 4 heteroatoms. The number of halogens is 1. The molecule has 1 aromatic carbocycles. The van der Waals surface area contributed by atoms with Crippen molar-refractivity contribution < 1.29 is 5.11 Å². The zero-order valence-corrected chi connectivity index (χ0v) is 12.2. The van der Waals surface area contributed by atoms with E-state index < -0.39 is 5.60 Å². The molecule has 18 heavy (non-hydrogen) atoms. The summed E-state index contributed by atoms with van der Waals surface area (Å²) in [6.45, 7) is 1.99. The average molecular weight is 309 g/mol. The second-order valence-electron chi connectivity index (χ2n) is 4.55. The van der Waals surface area contributed by atoms with Crippen molar-refractivity contribution in [1.82, 2.24) is 9.78 Å². The van der Waals surface area contributed by atoms with Gasteiger partial charge in [0.1, 0.15) is 0 Å². The van der Waals surface area contributed by atoms with E-state index in [1.165, 1.54) is 0 Å². The third kappa shape index (κ3) is 2.82. The van der Waals surface area contributed by atoms with Crippen LogP contribution in [0.4, 0.5) is 0 Å². The van der Waals surface area contributed by atoms with E-state index in [-0.39, 0.29) is 0 Å². The molecule has 0 aliphatic rings. The zero-order chi connectivity index (χ0) is 13.2. The van der Waals surface area contributed by atoms with Crippen LogP contribution in [-0.4, -0.2) is 14.9 Å². The summed E-state index contributed by atoms with van der Waals surface area (Å²) in [5, 5.41) is 15.1. The first-order valence-corrected chi connectivity index (χ1v) is 6.80. The van der Waals surface area contributed by atoms with Gasteiger partial charge in [-0.1, -0.05) is 35.0 Å². The molecule has 2 aromatic rings. The van der Waals surface area contributed by atoms with Gasteiger partial charge in [-0.2, -0.15) is 5.10 Å². The predicted molar refractivity (Wildman–Crippen MR) is 75.2 cm³/mol. The third-order valence-electron chi connectivity index (χ3n) is 3.19. The van der Waals surface area contributed by atoms with Crippen LogP contribution in [0.15, 0.2) is 41.0 Å². The molecule has 0 aliphatic carbocycles. The van der Waals surface area contributed by atoms with Gasteiger partial charge in [0.2, 0.25) is 0 Å². The van der Waals surface area contributed by atoms with Gasteiger partial charge in [0.25, 0.3) is 0 Å². The van der Waals surface area contributed by atoms with Gasteiger partial charge in [-0.15, -0.1) is 0 Å². The number of aliphatic hydroxyl groups is 1. The fourth-order valence-corrected chi connectivity index (χ4v) is 2.47. The second kappa shape index (κ2) is 5.24. The number of benzene rings is 1. The summed E-state index contributed by atoms with van der Waals surface area (Å²) in [5.41, 5.74) is 0.963. The summed E-state index contributed by atoms with van der Waals surface area (Å²) in [6.07, 6.45) is 3.08. The molecule has 2 rings (SSSR count). The molecule has 0 saturated heterocycles. The Morgan fingerprint density at radius 2 is 2.17 bits per heavy atom. The monoisotopic (exact) mass is 308 g/mol. The number of rotatable bonds is 4. The number of aromatic nitrogens is 2. The molecule has 1 heterocycles. The molecule has 3 nitrogen and oxygen atoms in total. The minimum atomic E-state index is -0.863. The molecular formula is C14H17BrN2O. The van der Waals surface area contributed by atoms with E-state index in [0.717, 1.165) is 15.7 Å². The van der Waals surface area contributed by atoms with Crippen molar-refractivity contribution in [3.05, 3.63) is 52.3 Å². The molecule has 96 valence electrons. The van der Waals surface area contributed by atoms with Gasteiger partial charge in [-0.25, -0.2) is 0 Å². The Kier molecular flexibility index (Phi) is 3.88. The summed E-state index contributed by atoms with van der Waals surface area (Å²) in [4.78, 5) is 0. The zero-order valence-electron chi connectivity index (χ0n) is 10.6. The molecule has 0 aliphatic heterocycles. The van der Waals surface area contributed by atoms with Gasteiger partial charge in [0.15, 0.2) is 0 Å². The first-order valence-electron chi connectivity index (χ1n) is 6.00. The van der Waals surface area contributed by atoms with Gasteiger partial charge in [-0.3, -0.25) is 4.68 Å². The quantitative estimate of drug-likeness (QED) is 0.943. The van der Waals surface area contributed by atoms with Crippen molar-refractivity contribution in [2.45, 2.75) is 25.4 Å². The van der Waals surface area contributed by atoms with Gasteiger partial charge in [0.05, 0.1) is 11.3 Å². The minimum absolute atomic E-state index is 0.529. The molecule has 1 N–H and O–H groups in total. The van der Waals surface area contributed by atoms with E-state index in [1.807, 2.05) is 50.5 Å². The lowest BCUT2D eigenvalue weighted by Gasteiger charge is -2.26. The van der Waals surface area contributed by atoms with Crippen molar-refractivity contribution in [3.8, 4) is 0 Å². The van der Waals surface area contributed by atoms with E-state index in [4.69, 9.17) is 0 Å². The third-order valence-corrected chi connectivity index (χ3v) is 3.68. The molecular weight excluding hydrogens is 292 g/mol. The Labute approximate surface area is 116 Å². The highest BCUT2D eigenvalue weighted by Crippen LogP contribution is 2.30. The standard InChI is InChI=1S/C14H17BrN2O/c1-3-14(18,10-13-7-8-17(2)16-13)11-5-4-6-12(15)9-11/h4-9,18H,3,10H2,1-2H3. The van der Waals surface area contributed by atoms with Crippen LogP contribution in [0.2, 0.25) is 0 Å². The highest BCUT2D eigenvalue weighted by atomic mass is 79.9. The summed E-state index contributed by atoms with van der Waals surface area (Å²) in [7, 11) is 1.88. The van der Waals surface area contributed by atoms with Crippen molar-refractivity contribution in [3.63, 3.8) is 0 Å². The van der Waals surface area contributed by atoms with E-state index in [9.17, 15) is 5.11 Å². The highest BCUT2D eigenvalue weighted by Gasteiger charge is 2.28. The summed E-state index contributed by atoms with van der Waals surface area (Å²) >= 11 is 3.44. The molecule has 1 atom stereocenters. The number of hydrogen-bond acceptors (Lipinski definition) is 2. The fraction of sp³-hybridized carbons (Fsp3) is 0.357. The maximum absolute atomic E-state index is 10.8. The smallest absolute Gasteiger partial charge is 0.0950 e. The Balaban J connectivity index is 2.30. The lowest BCUT2D eigenvalue weighted by molar-refractivity contribution is 0.0316. The molecule has 1 unspecified atom stereocenters. The average Bonchev–Trinajstić information content (AvgIpc) is 2.74. The van der Waals surface area contributed by atoms with Gasteiger partial charge in [-0.05, 0) is 30.2 Å². The van der Waals surface area contributed by atoms with Gasteiger partial charge in [0, 0.05) is 24.1 Å². The number of nitrogens with zero attached hydrogens (tertiary/aromatic N) is 2. The van der Waals surface area contributed by atoms with E-state index in [2.05, 4.69) is 21.0 Å². The Morgan fingerprint density at radius 3 is 2.72 bits per heavy atom. The van der Waals surface area contributed by atoms with Gasteiger partial charge < -0.3 is 5.11 Å². The van der Waals surface area contributed by atoms with Crippen LogP contribution < -0.4 is 0 Å². The molecule has 0 spiro atoms. The van der Waals surface area contributed by atoms with Crippen LogP contribution in [0.3, 0.4) is 0 Å². The van der Waals surface area contributed by atoms with Crippen LogP contribution in [0.25, 0.3) is 0 Å². The molecule has 1 aromatic heterocycles. The van der Waals surface area contributed by atoms with E-state index >= 15 is 0 Å². The lowest BCUT2D eigenvalue weighted by atomic mass is 9.87. The first-order chi connectivity index (χ1) is 8.53. The van der Waals surface area contributed by atoms with Crippen molar-refractivity contribution in [1.29, 1.82) is 0 Å². The van der Waals surface area contributed by atoms with Crippen LogP contribution in [0, 0.1) is 0 Å². The second-order valence-corrected chi connectivity index (χ2v) is 5.47. The van der Waals surface area contributed by atoms with Crippen LogP contribution in [0.5, 0.6) is 0 Å². The number of aryl methyl sites for hydroxylation is 1. The molecule has 0 bridgehead atoms. The topological polar surface area (TPSA) is 38.0 Å². The van der Waals surface area contributed by atoms with Crippen molar-refractivity contribution in [2.75, 3.05) is 0 Å². The normalized spacial score (nSPS) is 14.4. The van der Waals surface area contributed by atoms with Crippen LogP contribution in [0.1, 0.15) is 24.6 Å². The highest BCUT2D eigenvalue weighted by molar-refractivity contribution is 9.10. The van der Waals surface area contributed by atoms with Gasteiger partial charge >= 0.3 is 0 Å². The predicted octanol–water partition coefficient (Wildman–Crippen LogP) is 3.02. The maximum Gasteiger partial charge on any atom is 0.0950 e. The summed E-state index contributed by atoms with van der Waals surface area (Å²) in [5.74, 6) is 0. The van der Waals surface area contributed by atoms with Crippen LogP contribution in [-0.2, 0) is 19.1 Å². The molecule has 0 saturated carbocycles. The Morgan fingerprint density at radius 1 is 1.39 bits per heavy atom. The maximum atomic E-state index is 10.8. The molecule has 0 fully saturated rings. The minimum Gasteiger partial charge on any atom is -0.385 e. The molecule has 0 amide bonds. The summed E-state index contributed by atoms with van der Waals surface area (Å²) < 4.78 is 2.74. The van der Waals surface area contributed by atoms with E-state index in [0.29, 0.717) is 12.8 Å². The largest absolute Gasteiger partial charge is 0.385 e. The van der Waals surface area contributed by atoms with Crippen molar-refractivity contribution >= 4 is 15.9 Å². The molecule has 0 radical (unpaired) electrons. The fourth-order valence-electron chi connectivity index (χ4n) is 2.07. The first kappa shape index (κ1) is 13.3. The SMILES string of the molecule is CCC(O)(Cc1ccn(C)n1)c1cccc(Br)c1. The van der Waals surface area contributed by atoms with Crippen molar-refractivity contribution in [2.24, 2.45) is 7.05 Å². The Bertz CT molecular complexity index is 538.